The van der Waals surface area contributed by atoms with Gasteiger partial charge in [0.25, 0.3) is 5.56 Å². The van der Waals surface area contributed by atoms with E-state index in [9.17, 15) is 14.7 Å². The lowest BCUT2D eigenvalue weighted by Gasteiger charge is -2.13. The van der Waals surface area contributed by atoms with E-state index >= 15 is 0 Å². The van der Waals surface area contributed by atoms with Crippen molar-refractivity contribution in [3.63, 3.8) is 0 Å². The van der Waals surface area contributed by atoms with Gasteiger partial charge in [-0.3, -0.25) is 9.59 Å². The number of para-hydroxylation sites is 1. The van der Waals surface area contributed by atoms with Crippen LogP contribution in [-0.2, 0) is 17.6 Å². The minimum atomic E-state index is -0.415. The van der Waals surface area contributed by atoms with Crippen molar-refractivity contribution in [3.8, 4) is 11.6 Å². The Hall–Kier alpha value is -2.83. The lowest BCUT2D eigenvalue weighted by molar-refractivity contribution is -0.125. The number of benzene rings is 1. The van der Waals surface area contributed by atoms with Crippen LogP contribution in [0.4, 0.5) is 0 Å². The quantitative estimate of drug-likeness (QED) is 0.769. The molecular formula is C17H19N3O4. The van der Waals surface area contributed by atoms with Gasteiger partial charge < -0.3 is 20.1 Å². The Kier molecular flexibility index (Phi) is 4.79. The fourth-order valence-corrected chi connectivity index (χ4v) is 2.78. The number of carbonyl (C=O) groups excluding carboxylic acids is 1. The number of carbonyl (C=O) groups is 1. The summed E-state index contributed by atoms with van der Waals surface area (Å²) in [5.74, 6) is 0.671. The second-order valence-electron chi connectivity index (χ2n) is 5.74. The largest absolute Gasteiger partial charge is 0.493 e. The average molecular weight is 329 g/mol. The number of ether oxygens (including phenoxy) is 1. The van der Waals surface area contributed by atoms with Gasteiger partial charge in [0.15, 0.2) is 0 Å². The third-order valence-corrected chi connectivity index (χ3v) is 3.97. The molecule has 1 aromatic heterocycles. The number of H-pyrrole nitrogens is 1. The molecule has 2 aromatic rings. The molecule has 3 N–H and O–H groups in total. The second-order valence-corrected chi connectivity index (χ2v) is 5.74. The summed E-state index contributed by atoms with van der Waals surface area (Å²) in [7, 11) is 0. The highest BCUT2D eigenvalue weighted by atomic mass is 16.5. The molecule has 7 nitrogen and oxygen atoms in total. The number of nitrogens with one attached hydrogen (secondary N) is 2. The van der Waals surface area contributed by atoms with E-state index in [0.29, 0.717) is 38.2 Å². The molecule has 0 unspecified atom stereocenters. The van der Waals surface area contributed by atoms with Gasteiger partial charge >= 0.3 is 0 Å². The topological polar surface area (TPSA) is 104 Å². The van der Waals surface area contributed by atoms with E-state index in [4.69, 9.17) is 4.74 Å². The number of fused-ring (bicyclic) bond motifs is 1. The molecule has 1 aromatic carbocycles. The Balaban J connectivity index is 1.56. The van der Waals surface area contributed by atoms with E-state index in [0.717, 1.165) is 17.4 Å². The molecule has 1 aliphatic heterocycles. The minimum absolute atomic E-state index is 0.0437. The maximum atomic E-state index is 12.4. The molecule has 1 atom stereocenters. The number of rotatable bonds is 4. The van der Waals surface area contributed by atoms with Crippen molar-refractivity contribution in [1.29, 1.82) is 0 Å². The Labute approximate surface area is 138 Å². The van der Waals surface area contributed by atoms with Crippen LogP contribution in [0.25, 0.3) is 0 Å². The van der Waals surface area contributed by atoms with Gasteiger partial charge in [-0.1, -0.05) is 18.2 Å². The molecule has 7 heteroatoms. The van der Waals surface area contributed by atoms with Gasteiger partial charge in [-0.05, 0) is 24.5 Å². The van der Waals surface area contributed by atoms with Crippen molar-refractivity contribution < 1.29 is 14.6 Å². The zero-order valence-corrected chi connectivity index (χ0v) is 13.1. The van der Waals surface area contributed by atoms with Crippen LogP contribution in [0.3, 0.4) is 0 Å². The molecule has 0 spiro atoms. The number of nitrogens with zero attached hydrogens (tertiary/aromatic N) is 1. The maximum Gasteiger partial charge on any atom is 0.254 e. The van der Waals surface area contributed by atoms with Crippen LogP contribution in [0.1, 0.15) is 17.8 Å². The number of aromatic hydroxyl groups is 1. The molecule has 2 heterocycles. The molecule has 0 saturated carbocycles. The van der Waals surface area contributed by atoms with E-state index in [2.05, 4.69) is 15.3 Å². The number of hydrogen-bond donors (Lipinski definition) is 3. The highest BCUT2D eigenvalue weighted by Crippen LogP contribution is 2.26. The lowest BCUT2D eigenvalue weighted by Crippen LogP contribution is -2.34. The number of hydrogen-bond acceptors (Lipinski definition) is 5. The van der Waals surface area contributed by atoms with Gasteiger partial charge in [-0.2, -0.15) is 0 Å². The van der Waals surface area contributed by atoms with Crippen molar-refractivity contribution in [2.75, 3.05) is 13.2 Å². The zero-order valence-electron chi connectivity index (χ0n) is 13.1. The summed E-state index contributed by atoms with van der Waals surface area (Å²) < 4.78 is 5.67. The fraction of sp³-hybridized carbons (Fsp3) is 0.353. The van der Waals surface area contributed by atoms with E-state index in [-0.39, 0.29) is 17.7 Å². The summed E-state index contributed by atoms with van der Waals surface area (Å²) in [6, 6.07) is 8.75. The Morgan fingerprint density at radius 3 is 3.08 bits per heavy atom. The monoisotopic (exact) mass is 329 g/mol. The normalized spacial score (nSPS) is 16.6. The summed E-state index contributed by atoms with van der Waals surface area (Å²) in [6.07, 6.45) is 1.64. The van der Waals surface area contributed by atoms with Gasteiger partial charge in [0, 0.05) is 18.9 Å². The first kappa shape index (κ1) is 16.0. The molecule has 0 aliphatic carbocycles. The van der Waals surface area contributed by atoms with Gasteiger partial charge in [0.1, 0.15) is 11.6 Å². The summed E-state index contributed by atoms with van der Waals surface area (Å²) in [5, 5.41) is 12.2. The number of amides is 1. The molecule has 126 valence electrons. The van der Waals surface area contributed by atoms with Crippen molar-refractivity contribution in [2.24, 2.45) is 5.92 Å². The van der Waals surface area contributed by atoms with Crippen molar-refractivity contribution in [3.05, 3.63) is 52.1 Å². The molecule has 0 bridgehead atoms. The first-order chi connectivity index (χ1) is 11.6. The van der Waals surface area contributed by atoms with Crippen molar-refractivity contribution >= 4 is 5.91 Å². The second kappa shape index (κ2) is 7.16. The predicted octanol–water partition coefficient (Wildman–Crippen LogP) is 0.776. The third-order valence-electron chi connectivity index (χ3n) is 3.97. The fourth-order valence-electron chi connectivity index (χ4n) is 2.78. The van der Waals surface area contributed by atoms with E-state index in [1.54, 1.807) is 0 Å². The lowest BCUT2D eigenvalue weighted by atomic mass is 9.96. The van der Waals surface area contributed by atoms with Crippen LogP contribution in [0.15, 0.2) is 35.1 Å². The summed E-state index contributed by atoms with van der Waals surface area (Å²) in [6.45, 7) is 0.848. The minimum Gasteiger partial charge on any atom is -0.493 e. The van der Waals surface area contributed by atoms with Crippen molar-refractivity contribution in [1.82, 2.24) is 15.3 Å². The molecule has 0 fully saturated rings. The van der Waals surface area contributed by atoms with E-state index in [1.807, 2.05) is 24.3 Å². The van der Waals surface area contributed by atoms with Crippen LogP contribution in [0, 0.1) is 5.92 Å². The predicted molar refractivity (Wildman–Crippen MR) is 87.0 cm³/mol. The molecule has 1 aliphatic rings. The van der Waals surface area contributed by atoms with Crippen LogP contribution < -0.4 is 15.6 Å². The summed E-state index contributed by atoms with van der Waals surface area (Å²) in [5.41, 5.74) is 0.621. The zero-order chi connectivity index (χ0) is 16.9. The smallest absolute Gasteiger partial charge is 0.254 e. The van der Waals surface area contributed by atoms with Crippen LogP contribution in [0.2, 0.25) is 0 Å². The van der Waals surface area contributed by atoms with Crippen molar-refractivity contribution in [2.45, 2.75) is 19.3 Å². The Bertz CT molecular complexity index is 787. The third kappa shape index (κ3) is 3.92. The average Bonchev–Trinajstić information content (AvgIpc) is 2.76. The molecule has 1 amide bonds. The molecule has 24 heavy (non-hydrogen) atoms. The van der Waals surface area contributed by atoms with Gasteiger partial charge in [-0.15, -0.1) is 0 Å². The van der Waals surface area contributed by atoms with Gasteiger partial charge in [0.2, 0.25) is 11.8 Å². The van der Waals surface area contributed by atoms with Crippen LogP contribution in [-0.4, -0.2) is 34.1 Å². The first-order valence-corrected chi connectivity index (χ1v) is 7.89. The molecule has 0 saturated heterocycles. The molecule has 0 radical (unpaired) electrons. The SMILES string of the molecule is O=C(NCCc1nc(O)cc(=O)[nH]1)[C@H]1CCOc2ccccc2C1. The Morgan fingerprint density at radius 2 is 2.25 bits per heavy atom. The molecule has 3 rings (SSSR count). The highest BCUT2D eigenvalue weighted by Gasteiger charge is 2.23. The van der Waals surface area contributed by atoms with E-state index < -0.39 is 5.56 Å². The standard InChI is InChI=1S/C17H19N3O4/c21-15-10-16(22)20-14(19-15)5-7-18-17(23)12-6-8-24-13-4-2-1-3-11(13)9-12/h1-4,10,12H,5-9H2,(H,18,23)(H2,19,20,21,22)/t12-/m0/s1. The first-order valence-electron chi connectivity index (χ1n) is 7.89. The number of aromatic nitrogens is 2. The number of aromatic amines is 1. The van der Waals surface area contributed by atoms with Crippen LogP contribution >= 0.6 is 0 Å². The van der Waals surface area contributed by atoms with E-state index in [1.165, 1.54) is 0 Å². The Morgan fingerprint density at radius 1 is 1.42 bits per heavy atom. The summed E-state index contributed by atoms with van der Waals surface area (Å²) >= 11 is 0. The van der Waals surface area contributed by atoms with Gasteiger partial charge in [0.05, 0.1) is 12.7 Å². The summed E-state index contributed by atoms with van der Waals surface area (Å²) in [4.78, 5) is 30.0. The highest BCUT2D eigenvalue weighted by molar-refractivity contribution is 5.79. The molecular weight excluding hydrogens is 310 g/mol. The maximum absolute atomic E-state index is 12.4. The van der Waals surface area contributed by atoms with Gasteiger partial charge in [-0.25, -0.2) is 4.98 Å². The van der Waals surface area contributed by atoms with Crippen LogP contribution in [0.5, 0.6) is 11.6 Å².